The van der Waals surface area contributed by atoms with E-state index in [4.69, 9.17) is 4.74 Å². The molecule has 1 unspecified atom stereocenters. The molecule has 1 spiro atoms. The van der Waals surface area contributed by atoms with Gasteiger partial charge in [0.05, 0.1) is 18.4 Å². The average molecular weight is 350 g/mol. The van der Waals surface area contributed by atoms with Crippen LogP contribution in [0.5, 0.6) is 0 Å². The van der Waals surface area contributed by atoms with Crippen molar-refractivity contribution < 1.29 is 14.6 Å². The number of carbonyl (C=O) groups excluding carboxylic acids is 1. The third-order valence-corrected chi connectivity index (χ3v) is 5.97. The topological polar surface area (TPSA) is 70.8 Å². The van der Waals surface area contributed by atoms with E-state index in [1.165, 1.54) is 0 Å². The maximum Gasteiger partial charge on any atom is 0.257 e. The van der Waals surface area contributed by atoms with Gasteiger partial charge in [0, 0.05) is 65.1 Å². The Morgan fingerprint density at radius 1 is 1.44 bits per heavy atom. The van der Waals surface area contributed by atoms with Gasteiger partial charge in [-0.05, 0) is 25.2 Å². The van der Waals surface area contributed by atoms with E-state index in [0.29, 0.717) is 11.5 Å². The summed E-state index contributed by atoms with van der Waals surface area (Å²) in [5.74, 6) is 0.369. The second kappa shape index (κ2) is 7.85. The van der Waals surface area contributed by atoms with Gasteiger partial charge in [-0.3, -0.25) is 9.48 Å². The molecule has 1 amide bonds. The van der Waals surface area contributed by atoms with Crippen LogP contribution >= 0.6 is 0 Å². The Morgan fingerprint density at radius 2 is 2.20 bits per heavy atom. The van der Waals surface area contributed by atoms with Gasteiger partial charge >= 0.3 is 0 Å². The number of rotatable bonds is 6. The molecule has 140 valence electrons. The molecule has 2 fully saturated rings. The zero-order valence-corrected chi connectivity index (χ0v) is 15.4. The molecule has 25 heavy (non-hydrogen) atoms. The molecular weight excluding hydrogens is 320 g/mol. The van der Waals surface area contributed by atoms with Crippen LogP contribution in [0.2, 0.25) is 0 Å². The number of hydrogen-bond acceptors (Lipinski definition) is 5. The Morgan fingerprint density at radius 3 is 2.80 bits per heavy atom. The number of amides is 1. The molecule has 2 aliphatic heterocycles. The molecule has 0 aliphatic carbocycles. The van der Waals surface area contributed by atoms with Crippen molar-refractivity contribution in [2.75, 3.05) is 53.0 Å². The molecular formula is C18H30N4O3. The molecule has 7 nitrogen and oxygen atoms in total. The lowest BCUT2D eigenvalue weighted by atomic mass is 9.71. The number of carbonyl (C=O) groups is 1. The van der Waals surface area contributed by atoms with E-state index in [1.807, 2.05) is 18.0 Å². The van der Waals surface area contributed by atoms with Crippen molar-refractivity contribution in [3.8, 4) is 0 Å². The highest BCUT2D eigenvalue weighted by Gasteiger charge is 2.47. The second-order valence-corrected chi connectivity index (χ2v) is 7.35. The third kappa shape index (κ3) is 3.73. The van der Waals surface area contributed by atoms with E-state index in [0.717, 1.165) is 58.7 Å². The molecule has 0 bridgehead atoms. The lowest BCUT2D eigenvalue weighted by molar-refractivity contribution is 0.0399. The minimum atomic E-state index is 0.0735. The van der Waals surface area contributed by atoms with Gasteiger partial charge < -0.3 is 19.6 Å². The van der Waals surface area contributed by atoms with Crippen LogP contribution in [0.3, 0.4) is 0 Å². The van der Waals surface area contributed by atoms with Crippen molar-refractivity contribution >= 4 is 5.91 Å². The first-order valence-corrected chi connectivity index (χ1v) is 9.25. The maximum absolute atomic E-state index is 12.7. The van der Waals surface area contributed by atoms with Crippen molar-refractivity contribution in [3.63, 3.8) is 0 Å². The van der Waals surface area contributed by atoms with Crippen LogP contribution in [0.15, 0.2) is 12.4 Å². The molecule has 1 atom stereocenters. The number of aryl methyl sites for hydroxylation is 1. The summed E-state index contributed by atoms with van der Waals surface area (Å²) in [6.07, 6.45) is 5.39. The van der Waals surface area contributed by atoms with Crippen molar-refractivity contribution in [2.24, 2.45) is 11.3 Å². The first kappa shape index (κ1) is 18.4. The predicted octanol–water partition coefficient (Wildman–Crippen LogP) is 0.696. The van der Waals surface area contributed by atoms with Gasteiger partial charge in [0.25, 0.3) is 5.91 Å². The smallest absolute Gasteiger partial charge is 0.257 e. The summed E-state index contributed by atoms with van der Waals surface area (Å²) in [6, 6.07) is 0. The Kier molecular flexibility index (Phi) is 5.76. The second-order valence-electron chi connectivity index (χ2n) is 7.35. The number of piperidine rings is 1. The molecule has 7 heteroatoms. The number of hydrogen-bond donors (Lipinski definition) is 1. The van der Waals surface area contributed by atoms with E-state index >= 15 is 0 Å². The van der Waals surface area contributed by atoms with E-state index < -0.39 is 0 Å². The summed E-state index contributed by atoms with van der Waals surface area (Å²) in [6.45, 7) is 8.07. The fourth-order valence-electron chi connectivity index (χ4n) is 4.34. The van der Waals surface area contributed by atoms with Crippen LogP contribution < -0.4 is 0 Å². The van der Waals surface area contributed by atoms with Gasteiger partial charge in [-0.1, -0.05) is 0 Å². The van der Waals surface area contributed by atoms with Crippen molar-refractivity contribution in [1.29, 1.82) is 0 Å². The van der Waals surface area contributed by atoms with Crippen LogP contribution in [-0.2, 0) is 11.3 Å². The molecule has 1 N–H and O–H groups in total. The quantitative estimate of drug-likeness (QED) is 0.818. The molecule has 3 rings (SSSR count). The normalized spacial score (nSPS) is 23.5. The van der Waals surface area contributed by atoms with E-state index in [-0.39, 0.29) is 17.9 Å². The molecule has 1 aromatic heterocycles. The third-order valence-electron chi connectivity index (χ3n) is 5.97. The minimum absolute atomic E-state index is 0.0735. The monoisotopic (exact) mass is 350 g/mol. The lowest BCUT2D eigenvalue weighted by Gasteiger charge is -2.42. The fraction of sp³-hybridized carbons (Fsp3) is 0.778. The van der Waals surface area contributed by atoms with E-state index in [1.54, 1.807) is 18.0 Å². The van der Waals surface area contributed by atoms with Gasteiger partial charge in [0.1, 0.15) is 0 Å². The van der Waals surface area contributed by atoms with Crippen molar-refractivity contribution in [1.82, 2.24) is 19.6 Å². The first-order valence-electron chi connectivity index (χ1n) is 9.25. The van der Waals surface area contributed by atoms with Gasteiger partial charge in [0.2, 0.25) is 0 Å². The maximum atomic E-state index is 12.7. The number of ether oxygens (including phenoxy) is 1. The summed E-state index contributed by atoms with van der Waals surface area (Å²) < 4.78 is 6.98. The van der Waals surface area contributed by atoms with Gasteiger partial charge in [0.15, 0.2) is 0 Å². The highest BCUT2D eigenvalue weighted by Crippen LogP contribution is 2.44. The van der Waals surface area contributed by atoms with Gasteiger partial charge in [-0.2, -0.15) is 5.10 Å². The summed E-state index contributed by atoms with van der Waals surface area (Å²) in [5.41, 5.74) is 0.803. The van der Waals surface area contributed by atoms with Crippen LogP contribution in [-0.4, -0.2) is 83.6 Å². The molecule has 2 saturated heterocycles. The highest BCUT2D eigenvalue weighted by molar-refractivity contribution is 5.93. The van der Waals surface area contributed by atoms with Gasteiger partial charge in [-0.25, -0.2) is 0 Å². The standard InChI is InChI=1S/C18H30N4O3/c1-3-22-11-15(10-19-22)17(24)21-6-4-18(5-7-21)14-20(8-9-25-2)12-16(18)13-23/h10-11,16,23H,3-9,12-14H2,1-2H3. The number of methoxy groups -OCH3 is 1. The van der Waals surface area contributed by atoms with E-state index in [2.05, 4.69) is 10.00 Å². The number of nitrogens with zero attached hydrogens (tertiary/aromatic N) is 4. The highest BCUT2D eigenvalue weighted by atomic mass is 16.5. The largest absolute Gasteiger partial charge is 0.396 e. The predicted molar refractivity (Wildman–Crippen MR) is 94.4 cm³/mol. The molecule has 2 aliphatic rings. The molecule has 0 radical (unpaired) electrons. The zero-order valence-electron chi connectivity index (χ0n) is 15.4. The molecule has 0 saturated carbocycles. The van der Waals surface area contributed by atoms with Crippen LogP contribution in [0.25, 0.3) is 0 Å². The van der Waals surface area contributed by atoms with Crippen molar-refractivity contribution in [2.45, 2.75) is 26.3 Å². The summed E-state index contributed by atoms with van der Waals surface area (Å²) in [7, 11) is 1.72. The zero-order chi connectivity index (χ0) is 17.9. The lowest BCUT2D eigenvalue weighted by Crippen LogP contribution is -2.47. The average Bonchev–Trinajstić information content (AvgIpc) is 3.25. The van der Waals surface area contributed by atoms with Crippen LogP contribution in [0.1, 0.15) is 30.1 Å². The van der Waals surface area contributed by atoms with Crippen LogP contribution in [0, 0.1) is 11.3 Å². The Hall–Kier alpha value is -1.44. The van der Waals surface area contributed by atoms with Gasteiger partial charge in [-0.15, -0.1) is 0 Å². The van der Waals surface area contributed by atoms with Crippen molar-refractivity contribution in [3.05, 3.63) is 18.0 Å². The summed E-state index contributed by atoms with van der Waals surface area (Å²) in [4.78, 5) is 17.0. The number of aliphatic hydroxyl groups is 1. The molecule has 0 aromatic carbocycles. The Bertz CT molecular complexity index is 581. The Labute approximate surface area is 149 Å². The molecule has 3 heterocycles. The van der Waals surface area contributed by atoms with Crippen LogP contribution in [0.4, 0.5) is 0 Å². The SMILES string of the molecule is CCn1cc(C(=O)N2CCC3(CC2)CN(CCOC)CC3CO)cn1. The summed E-state index contributed by atoms with van der Waals surface area (Å²) in [5, 5.41) is 14.1. The number of aromatic nitrogens is 2. The fourth-order valence-corrected chi connectivity index (χ4v) is 4.34. The van der Waals surface area contributed by atoms with E-state index in [9.17, 15) is 9.90 Å². The number of likely N-dealkylation sites (tertiary alicyclic amines) is 2. The Balaban J connectivity index is 1.61. The number of aliphatic hydroxyl groups excluding tert-OH is 1. The minimum Gasteiger partial charge on any atom is -0.396 e. The first-order chi connectivity index (χ1) is 12.1. The summed E-state index contributed by atoms with van der Waals surface area (Å²) >= 11 is 0. The molecule has 1 aromatic rings.